The van der Waals surface area contributed by atoms with E-state index in [2.05, 4.69) is 5.32 Å². The number of hydrogen-bond donors (Lipinski definition) is 2. The Morgan fingerprint density at radius 2 is 1.95 bits per heavy atom. The maximum atomic E-state index is 13.6. The van der Waals surface area contributed by atoms with Gasteiger partial charge in [0.2, 0.25) is 5.91 Å². The lowest BCUT2D eigenvalue weighted by Gasteiger charge is -2.53. The minimum atomic E-state index is -1.55. The molecule has 3 heterocycles. The van der Waals surface area contributed by atoms with Gasteiger partial charge < -0.3 is 29.7 Å². The van der Waals surface area contributed by atoms with Gasteiger partial charge in [-0.2, -0.15) is 0 Å². The standard InChI is InChI=1S/C28H33N3O6S/c1-18-8-6-7-11-20(18)15-31-26(34)24-28(31,2)38-17-30(24)25(33)23(32)22(14-19-9-4-3-5-10-19)29-27(35)37-21-12-13-36-16-21/h3-11,21-24,32H,12-17H2,1-2H3,(H,29,35)/t21-,22-,23-,24+,28?/m0/s1. The third kappa shape index (κ3) is 5.12. The number of carbonyl (C=O) groups excluding carboxylic acids is 3. The first-order valence-corrected chi connectivity index (χ1v) is 13.8. The van der Waals surface area contributed by atoms with Crippen LogP contribution in [0.1, 0.15) is 30.0 Å². The lowest BCUT2D eigenvalue weighted by molar-refractivity contribution is -0.168. The molecule has 2 aromatic rings. The summed E-state index contributed by atoms with van der Waals surface area (Å²) in [5.74, 6) is -0.454. The van der Waals surface area contributed by atoms with Gasteiger partial charge in [-0.3, -0.25) is 9.59 Å². The van der Waals surface area contributed by atoms with Crippen molar-refractivity contribution in [3.8, 4) is 0 Å². The molecule has 38 heavy (non-hydrogen) atoms. The zero-order chi connectivity index (χ0) is 26.9. The van der Waals surface area contributed by atoms with Gasteiger partial charge in [-0.25, -0.2) is 4.79 Å². The van der Waals surface area contributed by atoms with E-state index in [0.717, 1.165) is 16.7 Å². The third-order valence-corrected chi connectivity index (χ3v) is 9.06. The fraction of sp³-hybridized carbons (Fsp3) is 0.464. The molecule has 10 heteroatoms. The summed E-state index contributed by atoms with van der Waals surface area (Å²) in [7, 11) is 0. The molecule has 3 aliphatic heterocycles. The fourth-order valence-corrected chi connectivity index (χ4v) is 6.68. The molecule has 0 aliphatic carbocycles. The molecule has 3 amide bonds. The maximum Gasteiger partial charge on any atom is 0.407 e. The predicted octanol–water partition coefficient (Wildman–Crippen LogP) is 2.44. The van der Waals surface area contributed by atoms with Crippen molar-refractivity contribution in [3.05, 3.63) is 71.3 Å². The summed E-state index contributed by atoms with van der Waals surface area (Å²) in [5, 5.41) is 13.9. The number of alkyl carbamates (subject to hydrolysis) is 1. The summed E-state index contributed by atoms with van der Waals surface area (Å²) >= 11 is 1.51. The number of aliphatic hydroxyl groups is 1. The molecular formula is C28H33N3O6S. The van der Waals surface area contributed by atoms with Crippen molar-refractivity contribution in [3.63, 3.8) is 0 Å². The Bertz CT molecular complexity index is 1190. The second-order valence-corrected chi connectivity index (χ2v) is 11.5. The zero-order valence-electron chi connectivity index (χ0n) is 21.5. The van der Waals surface area contributed by atoms with Crippen LogP contribution in [0.25, 0.3) is 0 Å². The topological polar surface area (TPSA) is 108 Å². The number of ether oxygens (including phenoxy) is 2. The van der Waals surface area contributed by atoms with Gasteiger partial charge in [-0.15, -0.1) is 11.8 Å². The number of aryl methyl sites for hydroxylation is 1. The van der Waals surface area contributed by atoms with Gasteiger partial charge in [0.15, 0.2) is 6.10 Å². The maximum absolute atomic E-state index is 13.6. The summed E-state index contributed by atoms with van der Waals surface area (Å²) in [5.41, 5.74) is 3.01. The summed E-state index contributed by atoms with van der Waals surface area (Å²) in [6.45, 7) is 5.28. The van der Waals surface area contributed by atoms with Crippen LogP contribution in [-0.4, -0.2) is 81.1 Å². The van der Waals surface area contributed by atoms with Crippen LogP contribution >= 0.6 is 11.8 Å². The van der Waals surface area contributed by atoms with Gasteiger partial charge in [-0.05, 0) is 37.0 Å². The van der Waals surface area contributed by atoms with Crippen molar-refractivity contribution >= 4 is 29.7 Å². The molecule has 9 nitrogen and oxygen atoms in total. The highest BCUT2D eigenvalue weighted by Gasteiger charge is 2.65. The molecule has 0 bridgehead atoms. The first kappa shape index (κ1) is 26.5. The lowest BCUT2D eigenvalue weighted by atomic mass is 9.91. The summed E-state index contributed by atoms with van der Waals surface area (Å²) in [6, 6.07) is 15.6. The lowest BCUT2D eigenvalue weighted by Crippen LogP contribution is -2.73. The third-order valence-electron chi connectivity index (χ3n) is 7.62. The van der Waals surface area contributed by atoms with E-state index >= 15 is 0 Å². The number of amides is 3. The van der Waals surface area contributed by atoms with Crippen LogP contribution in [-0.2, 0) is 32.0 Å². The molecule has 3 saturated heterocycles. The van der Waals surface area contributed by atoms with Crippen LogP contribution in [0, 0.1) is 6.92 Å². The molecule has 2 aromatic carbocycles. The molecule has 0 radical (unpaired) electrons. The quantitative estimate of drug-likeness (QED) is 0.496. The van der Waals surface area contributed by atoms with Crippen molar-refractivity contribution in [1.82, 2.24) is 15.1 Å². The number of rotatable bonds is 8. The Hall–Kier alpha value is -3.08. The second kappa shape index (κ2) is 11.0. The number of thioether (sulfide) groups is 1. The van der Waals surface area contributed by atoms with Crippen LogP contribution in [0.4, 0.5) is 4.79 Å². The van der Waals surface area contributed by atoms with E-state index in [-0.39, 0.29) is 24.3 Å². The van der Waals surface area contributed by atoms with Crippen LogP contribution < -0.4 is 5.32 Å². The average Bonchev–Trinajstić information content (AvgIpc) is 3.53. The minimum absolute atomic E-state index is 0.144. The molecule has 202 valence electrons. The van der Waals surface area contributed by atoms with Gasteiger partial charge in [0.1, 0.15) is 17.0 Å². The number of carbonyl (C=O) groups is 3. The number of fused-ring (bicyclic) bond motifs is 1. The van der Waals surface area contributed by atoms with Crippen molar-refractivity contribution in [2.75, 3.05) is 19.1 Å². The van der Waals surface area contributed by atoms with Crippen LogP contribution in [0.15, 0.2) is 54.6 Å². The number of likely N-dealkylation sites (tertiary alicyclic amines) is 1. The summed E-state index contributed by atoms with van der Waals surface area (Å²) in [6.07, 6.45) is -1.80. The molecule has 0 saturated carbocycles. The Kier molecular flexibility index (Phi) is 7.65. The first-order valence-electron chi connectivity index (χ1n) is 12.8. The second-order valence-electron chi connectivity index (χ2n) is 10.2. The van der Waals surface area contributed by atoms with E-state index in [0.29, 0.717) is 26.2 Å². The van der Waals surface area contributed by atoms with Crippen molar-refractivity contribution in [1.29, 1.82) is 0 Å². The average molecular weight is 540 g/mol. The number of nitrogens with zero attached hydrogens (tertiary/aromatic N) is 2. The van der Waals surface area contributed by atoms with Crippen molar-refractivity contribution in [2.24, 2.45) is 0 Å². The van der Waals surface area contributed by atoms with Crippen LogP contribution in [0.5, 0.6) is 0 Å². The number of β-lactam (4-membered cyclic amide) rings is 1. The molecule has 5 atom stereocenters. The van der Waals surface area contributed by atoms with Gasteiger partial charge in [0.25, 0.3) is 5.91 Å². The van der Waals surface area contributed by atoms with Crippen LogP contribution in [0.2, 0.25) is 0 Å². The van der Waals surface area contributed by atoms with E-state index in [1.807, 2.05) is 68.4 Å². The van der Waals surface area contributed by atoms with Gasteiger partial charge >= 0.3 is 6.09 Å². The number of hydrogen-bond acceptors (Lipinski definition) is 7. The highest BCUT2D eigenvalue weighted by Crippen LogP contribution is 2.51. The minimum Gasteiger partial charge on any atom is -0.444 e. The van der Waals surface area contributed by atoms with Crippen molar-refractivity contribution in [2.45, 2.75) is 62.4 Å². The zero-order valence-corrected chi connectivity index (χ0v) is 22.4. The highest BCUT2D eigenvalue weighted by atomic mass is 32.2. The smallest absolute Gasteiger partial charge is 0.407 e. The summed E-state index contributed by atoms with van der Waals surface area (Å²) < 4.78 is 10.7. The number of nitrogens with one attached hydrogen (secondary N) is 1. The Morgan fingerprint density at radius 1 is 1.21 bits per heavy atom. The molecule has 3 fully saturated rings. The Balaban J connectivity index is 1.29. The molecular weight excluding hydrogens is 506 g/mol. The highest BCUT2D eigenvalue weighted by molar-refractivity contribution is 8.01. The van der Waals surface area contributed by atoms with Gasteiger partial charge in [0, 0.05) is 13.0 Å². The van der Waals surface area contributed by atoms with E-state index in [1.54, 1.807) is 4.90 Å². The molecule has 0 aromatic heterocycles. The predicted molar refractivity (Wildman–Crippen MR) is 142 cm³/mol. The van der Waals surface area contributed by atoms with Crippen molar-refractivity contribution < 1.29 is 29.0 Å². The molecule has 2 N–H and O–H groups in total. The normalized spacial score (nSPS) is 25.9. The Labute approximate surface area is 226 Å². The Morgan fingerprint density at radius 3 is 2.66 bits per heavy atom. The van der Waals surface area contributed by atoms with E-state index in [1.165, 1.54) is 16.7 Å². The first-order chi connectivity index (χ1) is 18.3. The molecule has 0 spiro atoms. The SMILES string of the molecule is Cc1ccccc1CN1C(=O)[C@H]2N(C(=O)[C@@H](O)[C@H](Cc3ccccc3)NC(=O)O[C@H]3CCOC3)CSC21C. The monoisotopic (exact) mass is 539 g/mol. The van der Waals surface area contributed by atoms with Gasteiger partial charge in [0.05, 0.1) is 25.1 Å². The van der Waals surface area contributed by atoms with Gasteiger partial charge in [-0.1, -0.05) is 54.6 Å². The van der Waals surface area contributed by atoms with E-state index in [9.17, 15) is 19.5 Å². The molecule has 5 rings (SSSR count). The molecule has 3 aliphatic rings. The number of aliphatic hydroxyl groups excluding tert-OH is 1. The molecule has 1 unspecified atom stereocenters. The summed E-state index contributed by atoms with van der Waals surface area (Å²) in [4.78, 5) is 42.1. The largest absolute Gasteiger partial charge is 0.444 e. The number of benzene rings is 2. The van der Waals surface area contributed by atoms with E-state index in [4.69, 9.17) is 9.47 Å². The van der Waals surface area contributed by atoms with E-state index < -0.39 is 35.1 Å². The van der Waals surface area contributed by atoms with Crippen LogP contribution in [0.3, 0.4) is 0 Å². The fourth-order valence-electron chi connectivity index (χ4n) is 5.31.